The maximum absolute atomic E-state index is 2.65. The Balaban J connectivity index is 1.29. The van der Waals surface area contributed by atoms with Crippen LogP contribution in [0.5, 0.6) is 0 Å². The van der Waals surface area contributed by atoms with Crippen LogP contribution in [0.3, 0.4) is 0 Å². The summed E-state index contributed by atoms with van der Waals surface area (Å²) in [6, 6.07) is 54.3. The molecule has 0 saturated heterocycles. The molecule has 0 fully saturated rings. The topological polar surface area (TPSA) is 14.8 Å². The number of nitrogens with zero attached hydrogens (tertiary/aromatic N) is 3. The lowest BCUT2D eigenvalue weighted by molar-refractivity contribution is 1.17. The van der Waals surface area contributed by atoms with Gasteiger partial charge >= 0.3 is 6.85 Å². The first-order valence-electron chi connectivity index (χ1n) is 16.1. The average molecular weight is 581 g/mol. The minimum Gasteiger partial charge on any atom is -0.375 e. The molecular formula is C42H24BN3. The lowest BCUT2D eigenvalue weighted by Gasteiger charge is -2.34. The van der Waals surface area contributed by atoms with E-state index in [2.05, 4.69) is 159 Å². The van der Waals surface area contributed by atoms with Gasteiger partial charge in [0.2, 0.25) is 0 Å². The molecule has 3 nitrogen and oxygen atoms in total. The Bertz CT molecular complexity index is 2940. The third-order valence-electron chi connectivity index (χ3n) is 10.8. The standard InChI is InChI=1S/C42H24BN3/c1-5-18-35-26(11-1)27-12-2-6-19-36(27)44(35)25-23-32-29-14-4-8-21-38(29)46-41(32)33(24-25)30-15-10-22-39-40(30)43(46)34-17-9-16-31-28-13-3-7-20-37(28)45(39)42(31)34/h1-24H. The Morgan fingerprint density at radius 1 is 0.391 bits per heavy atom. The number of hydrogen-bond donors (Lipinski definition) is 0. The number of para-hydroxylation sites is 5. The lowest BCUT2D eigenvalue weighted by atomic mass is 9.45. The summed E-state index contributed by atoms with van der Waals surface area (Å²) in [5.74, 6) is 0. The number of benzene rings is 7. The average Bonchev–Trinajstić information content (AvgIpc) is 3.75. The lowest BCUT2D eigenvalue weighted by Crippen LogP contribution is -2.55. The van der Waals surface area contributed by atoms with E-state index in [-0.39, 0.29) is 6.85 Å². The van der Waals surface area contributed by atoms with Crippen molar-refractivity contribution >= 4 is 83.2 Å². The van der Waals surface area contributed by atoms with Gasteiger partial charge < -0.3 is 13.6 Å². The maximum atomic E-state index is 2.65. The molecule has 0 radical (unpaired) electrons. The summed E-state index contributed by atoms with van der Waals surface area (Å²) < 4.78 is 7.64. The molecule has 0 unspecified atom stereocenters. The molecule has 0 atom stereocenters. The number of hydrogen-bond acceptors (Lipinski definition) is 0. The van der Waals surface area contributed by atoms with Crippen LogP contribution in [0.15, 0.2) is 146 Å². The molecule has 12 rings (SSSR count). The van der Waals surface area contributed by atoms with Crippen molar-refractivity contribution in [3.8, 4) is 22.5 Å². The van der Waals surface area contributed by atoms with Gasteiger partial charge in [-0.1, -0.05) is 103 Å². The molecule has 3 aromatic heterocycles. The largest absolute Gasteiger partial charge is 0.375 e. The van der Waals surface area contributed by atoms with Gasteiger partial charge in [-0.05, 0) is 59.0 Å². The van der Waals surface area contributed by atoms with E-state index in [0.29, 0.717) is 0 Å². The second kappa shape index (κ2) is 7.98. The molecule has 7 aromatic carbocycles. The molecule has 46 heavy (non-hydrogen) atoms. The van der Waals surface area contributed by atoms with E-state index in [1.165, 1.54) is 98.8 Å². The second-order valence-corrected chi connectivity index (χ2v) is 12.9. The summed E-state index contributed by atoms with van der Waals surface area (Å²) in [5, 5.41) is 7.81. The van der Waals surface area contributed by atoms with E-state index in [9.17, 15) is 0 Å². The van der Waals surface area contributed by atoms with Crippen molar-refractivity contribution < 1.29 is 0 Å². The van der Waals surface area contributed by atoms with Crippen LogP contribution >= 0.6 is 0 Å². The van der Waals surface area contributed by atoms with Crippen LogP contribution in [0, 0.1) is 0 Å². The summed E-state index contributed by atoms with van der Waals surface area (Å²) in [4.78, 5) is 0. The molecule has 0 spiro atoms. The van der Waals surface area contributed by atoms with E-state index in [0.717, 1.165) is 0 Å². The highest BCUT2D eigenvalue weighted by Crippen LogP contribution is 2.44. The Morgan fingerprint density at radius 2 is 0.957 bits per heavy atom. The molecule has 4 heteroatoms. The van der Waals surface area contributed by atoms with Crippen LogP contribution in [0.1, 0.15) is 0 Å². The van der Waals surface area contributed by atoms with Gasteiger partial charge in [-0.3, -0.25) is 0 Å². The fraction of sp³-hybridized carbons (Fsp3) is 0. The minimum absolute atomic E-state index is 0.0840. The summed E-state index contributed by atoms with van der Waals surface area (Å²) in [5.41, 5.74) is 15.5. The highest BCUT2D eigenvalue weighted by atomic mass is 15.0. The zero-order chi connectivity index (χ0) is 29.7. The second-order valence-electron chi connectivity index (χ2n) is 12.9. The van der Waals surface area contributed by atoms with E-state index in [1.807, 2.05) is 0 Å². The predicted octanol–water partition coefficient (Wildman–Crippen LogP) is 8.94. The third-order valence-corrected chi connectivity index (χ3v) is 10.8. The number of rotatable bonds is 1. The Hall–Kier alpha value is -6.00. The van der Waals surface area contributed by atoms with Gasteiger partial charge in [-0.25, -0.2) is 0 Å². The van der Waals surface area contributed by atoms with Crippen LogP contribution in [0.2, 0.25) is 0 Å². The fourth-order valence-corrected chi connectivity index (χ4v) is 9.13. The van der Waals surface area contributed by atoms with E-state index in [4.69, 9.17) is 0 Å². The first-order valence-corrected chi connectivity index (χ1v) is 16.1. The first-order chi connectivity index (χ1) is 22.9. The van der Waals surface area contributed by atoms with Crippen molar-refractivity contribution in [1.82, 2.24) is 13.6 Å². The Kier molecular flexibility index (Phi) is 4.06. The molecule has 0 aliphatic carbocycles. The van der Waals surface area contributed by atoms with Crippen LogP contribution in [-0.2, 0) is 0 Å². The fourth-order valence-electron chi connectivity index (χ4n) is 9.13. The highest BCUT2D eigenvalue weighted by Gasteiger charge is 2.41. The molecule has 0 bridgehead atoms. The van der Waals surface area contributed by atoms with Gasteiger partial charge in [0.15, 0.2) is 0 Å². The Morgan fingerprint density at radius 3 is 1.67 bits per heavy atom. The maximum Gasteiger partial charge on any atom is 0.333 e. The summed E-state index contributed by atoms with van der Waals surface area (Å²) in [7, 11) is 0. The number of fused-ring (bicyclic) bond motifs is 13. The zero-order valence-corrected chi connectivity index (χ0v) is 24.8. The van der Waals surface area contributed by atoms with Crippen LogP contribution < -0.4 is 10.9 Å². The van der Waals surface area contributed by atoms with Crippen LogP contribution in [-0.4, -0.2) is 20.5 Å². The predicted molar refractivity (Wildman–Crippen MR) is 194 cm³/mol. The zero-order valence-electron chi connectivity index (χ0n) is 24.8. The van der Waals surface area contributed by atoms with Crippen molar-refractivity contribution in [3.63, 3.8) is 0 Å². The summed E-state index contributed by atoms with van der Waals surface area (Å²) >= 11 is 0. The van der Waals surface area contributed by atoms with E-state index >= 15 is 0 Å². The SMILES string of the molecule is c1cc2c3c(c1)-n1c4ccccc4c4cccc(c41)B3n1c3ccccc3c3cc(-n4c5ccccc5c5ccccc54)cc-2c31. The van der Waals surface area contributed by atoms with Crippen molar-refractivity contribution in [2.24, 2.45) is 0 Å². The van der Waals surface area contributed by atoms with E-state index in [1.54, 1.807) is 0 Å². The summed E-state index contributed by atoms with van der Waals surface area (Å²) in [6.07, 6.45) is 0. The van der Waals surface area contributed by atoms with E-state index < -0.39 is 0 Å². The molecule has 0 N–H and O–H groups in total. The molecule has 5 heterocycles. The quantitative estimate of drug-likeness (QED) is 0.172. The molecule has 0 amide bonds. The monoisotopic (exact) mass is 581 g/mol. The third kappa shape index (κ3) is 2.58. The van der Waals surface area contributed by atoms with Gasteiger partial charge in [0.1, 0.15) is 0 Å². The van der Waals surface area contributed by atoms with Gasteiger partial charge in [-0.2, -0.15) is 0 Å². The Labute approximate surface area is 264 Å². The normalized spacial score (nSPS) is 13.2. The minimum atomic E-state index is 0.0840. The van der Waals surface area contributed by atoms with Gasteiger partial charge in [0.05, 0.1) is 22.1 Å². The van der Waals surface area contributed by atoms with Crippen molar-refractivity contribution in [3.05, 3.63) is 146 Å². The number of aromatic nitrogens is 3. The van der Waals surface area contributed by atoms with Crippen LogP contribution in [0.25, 0.3) is 87.9 Å². The smallest absolute Gasteiger partial charge is 0.333 e. The van der Waals surface area contributed by atoms with Crippen molar-refractivity contribution in [1.29, 1.82) is 0 Å². The van der Waals surface area contributed by atoms with Crippen LogP contribution in [0.4, 0.5) is 0 Å². The highest BCUT2D eigenvalue weighted by molar-refractivity contribution is 6.90. The van der Waals surface area contributed by atoms with Gasteiger partial charge in [0, 0.05) is 60.3 Å². The van der Waals surface area contributed by atoms with Crippen molar-refractivity contribution in [2.45, 2.75) is 0 Å². The molecule has 210 valence electrons. The van der Waals surface area contributed by atoms with Gasteiger partial charge in [0.25, 0.3) is 0 Å². The molecule has 10 aromatic rings. The van der Waals surface area contributed by atoms with Gasteiger partial charge in [-0.15, -0.1) is 0 Å². The molecule has 2 aliphatic rings. The molecule has 0 saturated carbocycles. The van der Waals surface area contributed by atoms with Crippen molar-refractivity contribution in [2.75, 3.05) is 0 Å². The molecule has 2 aliphatic heterocycles. The molecular weight excluding hydrogens is 557 g/mol. The summed E-state index contributed by atoms with van der Waals surface area (Å²) in [6.45, 7) is 0.0840. The first kappa shape index (κ1) is 23.4.